The van der Waals surface area contributed by atoms with Gasteiger partial charge in [-0.25, -0.2) is 4.79 Å². The van der Waals surface area contributed by atoms with Gasteiger partial charge in [0.05, 0.1) is 5.56 Å². The normalized spacial score (nSPS) is 16.6. The van der Waals surface area contributed by atoms with Crippen molar-refractivity contribution in [2.45, 2.75) is 44.8 Å². The summed E-state index contributed by atoms with van der Waals surface area (Å²) in [5.74, 6) is -0.619. The summed E-state index contributed by atoms with van der Waals surface area (Å²) in [7, 11) is 0. The standard InChI is InChI=1S/C15H19NO4/c1-10(14(17)16-12-4-2-3-5-12)20-13-8-6-11(7-9-13)15(18)19/h6-10,12H,2-5H2,1H3,(H,16,17)(H,18,19). The molecule has 0 heterocycles. The van der Waals surface area contributed by atoms with Gasteiger partial charge in [0.1, 0.15) is 5.75 Å². The molecule has 20 heavy (non-hydrogen) atoms. The van der Waals surface area contributed by atoms with Crippen molar-refractivity contribution in [1.82, 2.24) is 5.32 Å². The van der Waals surface area contributed by atoms with E-state index in [-0.39, 0.29) is 17.5 Å². The molecule has 1 aromatic carbocycles. The van der Waals surface area contributed by atoms with Crippen molar-refractivity contribution in [3.63, 3.8) is 0 Å². The van der Waals surface area contributed by atoms with E-state index in [1.165, 1.54) is 12.1 Å². The second-order valence-corrected chi connectivity index (χ2v) is 5.08. The molecule has 1 fully saturated rings. The molecule has 1 aliphatic carbocycles. The van der Waals surface area contributed by atoms with Crippen molar-refractivity contribution < 1.29 is 19.4 Å². The Morgan fingerprint density at radius 1 is 1.25 bits per heavy atom. The first-order chi connectivity index (χ1) is 9.56. The van der Waals surface area contributed by atoms with Crippen LogP contribution in [0.25, 0.3) is 0 Å². The van der Waals surface area contributed by atoms with Gasteiger partial charge in [-0.1, -0.05) is 12.8 Å². The first kappa shape index (κ1) is 14.4. The number of hydrogen-bond donors (Lipinski definition) is 2. The molecule has 1 aliphatic rings. The summed E-state index contributed by atoms with van der Waals surface area (Å²) in [5, 5.41) is 11.8. The summed E-state index contributed by atoms with van der Waals surface area (Å²) >= 11 is 0. The SMILES string of the molecule is CC(Oc1ccc(C(=O)O)cc1)C(=O)NC1CCCC1. The molecule has 2 N–H and O–H groups in total. The van der Waals surface area contributed by atoms with Crippen molar-refractivity contribution in [3.8, 4) is 5.75 Å². The van der Waals surface area contributed by atoms with Gasteiger partial charge in [0, 0.05) is 6.04 Å². The maximum absolute atomic E-state index is 11.9. The maximum Gasteiger partial charge on any atom is 0.335 e. The molecule has 108 valence electrons. The Hall–Kier alpha value is -2.04. The minimum absolute atomic E-state index is 0.126. The molecular weight excluding hydrogens is 258 g/mol. The van der Waals surface area contributed by atoms with Crippen LogP contribution in [0, 0.1) is 0 Å². The van der Waals surface area contributed by atoms with Gasteiger partial charge in [-0.3, -0.25) is 4.79 Å². The van der Waals surface area contributed by atoms with Crippen LogP contribution in [0.4, 0.5) is 0 Å². The predicted octanol–water partition coefficient (Wildman–Crippen LogP) is 2.21. The number of carboxylic acid groups (broad SMARTS) is 1. The molecule has 0 spiro atoms. The fourth-order valence-electron chi connectivity index (χ4n) is 2.32. The number of nitrogens with one attached hydrogen (secondary N) is 1. The van der Waals surface area contributed by atoms with Crippen LogP contribution >= 0.6 is 0 Å². The van der Waals surface area contributed by atoms with Crippen LogP contribution in [-0.4, -0.2) is 29.1 Å². The van der Waals surface area contributed by atoms with Crippen LogP contribution < -0.4 is 10.1 Å². The third kappa shape index (κ3) is 3.73. The van der Waals surface area contributed by atoms with Gasteiger partial charge in [-0.2, -0.15) is 0 Å². The number of carboxylic acids is 1. The molecular formula is C15H19NO4. The second kappa shape index (κ2) is 6.41. The maximum atomic E-state index is 11.9. The molecule has 0 aliphatic heterocycles. The smallest absolute Gasteiger partial charge is 0.335 e. The van der Waals surface area contributed by atoms with Crippen molar-refractivity contribution in [2.75, 3.05) is 0 Å². The molecule has 1 saturated carbocycles. The van der Waals surface area contributed by atoms with Gasteiger partial charge in [0.25, 0.3) is 5.91 Å². The van der Waals surface area contributed by atoms with E-state index in [2.05, 4.69) is 5.32 Å². The van der Waals surface area contributed by atoms with Gasteiger partial charge in [-0.05, 0) is 44.0 Å². The van der Waals surface area contributed by atoms with Crippen LogP contribution in [0.5, 0.6) is 5.75 Å². The zero-order valence-electron chi connectivity index (χ0n) is 11.5. The highest BCUT2D eigenvalue weighted by atomic mass is 16.5. The van der Waals surface area contributed by atoms with Gasteiger partial charge in [0.2, 0.25) is 0 Å². The molecule has 1 unspecified atom stereocenters. The Bertz CT molecular complexity index is 477. The second-order valence-electron chi connectivity index (χ2n) is 5.08. The summed E-state index contributed by atoms with van der Waals surface area (Å²) < 4.78 is 5.52. The fraction of sp³-hybridized carbons (Fsp3) is 0.467. The van der Waals surface area contributed by atoms with Crippen LogP contribution in [-0.2, 0) is 4.79 Å². The highest BCUT2D eigenvalue weighted by Crippen LogP contribution is 2.18. The van der Waals surface area contributed by atoms with Gasteiger partial charge >= 0.3 is 5.97 Å². The average molecular weight is 277 g/mol. The monoisotopic (exact) mass is 277 g/mol. The van der Waals surface area contributed by atoms with Crippen molar-refractivity contribution >= 4 is 11.9 Å². The minimum atomic E-state index is -0.983. The van der Waals surface area contributed by atoms with Crippen LogP contribution in [0.1, 0.15) is 43.0 Å². The number of hydrogen-bond acceptors (Lipinski definition) is 3. The Kier molecular flexibility index (Phi) is 4.61. The number of amides is 1. The zero-order valence-corrected chi connectivity index (χ0v) is 11.5. The summed E-state index contributed by atoms with van der Waals surface area (Å²) in [6, 6.07) is 6.30. The topological polar surface area (TPSA) is 75.6 Å². The number of benzene rings is 1. The Labute approximate surface area is 117 Å². The van der Waals surface area contributed by atoms with E-state index in [0.29, 0.717) is 5.75 Å². The van der Waals surface area contributed by atoms with E-state index in [1.54, 1.807) is 19.1 Å². The quantitative estimate of drug-likeness (QED) is 0.865. The Morgan fingerprint density at radius 3 is 2.40 bits per heavy atom. The lowest BCUT2D eigenvalue weighted by Crippen LogP contribution is -2.41. The van der Waals surface area contributed by atoms with Crippen LogP contribution in [0.3, 0.4) is 0 Å². The number of carbonyl (C=O) groups excluding carboxylic acids is 1. The van der Waals surface area contributed by atoms with Crippen LogP contribution in [0.15, 0.2) is 24.3 Å². The fourth-order valence-corrected chi connectivity index (χ4v) is 2.32. The van der Waals surface area contributed by atoms with E-state index >= 15 is 0 Å². The van der Waals surface area contributed by atoms with Gasteiger partial charge < -0.3 is 15.2 Å². The minimum Gasteiger partial charge on any atom is -0.481 e. The Balaban J connectivity index is 1.87. The van der Waals surface area contributed by atoms with Crippen molar-refractivity contribution in [3.05, 3.63) is 29.8 Å². The number of rotatable bonds is 5. The first-order valence-electron chi connectivity index (χ1n) is 6.86. The summed E-state index contributed by atoms with van der Waals surface area (Å²) in [6.45, 7) is 1.69. The number of carbonyl (C=O) groups is 2. The highest BCUT2D eigenvalue weighted by Gasteiger charge is 2.21. The molecule has 1 atom stereocenters. The highest BCUT2D eigenvalue weighted by molar-refractivity contribution is 5.87. The number of aromatic carboxylic acids is 1. The lowest BCUT2D eigenvalue weighted by molar-refractivity contribution is -0.127. The van der Waals surface area contributed by atoms with Crippen molar-refractivity contribution in [2.24, 2.45) is 0 Å². The molecule has 5 heteroatoms. The molecule has 0 aromatic heterocycles. The van der Waals surface area contributed by atoms with Crippen molar-refractivity contribution in [1.29, 1.82) is 0 Å². The van der Waals surface area contributed by atoms with E-state index in [1.807, 2.05) is 0 Å². The molecule has 1 aromatic rings. The zero-order chi connectivity index (χ0) is 14.5. The van der Waals surface area contributed by atoms with Gasteiger partial charge in [-0.15, -0.1) is 0 Å². The molecule has 0 bridgehead atoms. The summed E-state index contributed by atoms with van der Waals surface area (Å²) in [5.41, 5.74) is 0.195. The largest absolute Gasteiger partial charge is 0.481 e. The summed E-state index contributed by atoms with van der Waals surface area (Å²) in [4.78, 5) is 22.7. The van der Waals surface area contributed by atoms with E-state index in [4.69, 9.17) is 9.84 Å². The lowest BCUT2D eigenvalue weighted by atomic mass is 10.2. The average Bonchev–Trinajstić information content (AvgIpc) is 2.92. The Morgan fingerprint density at radius 2 is 1.85 bits per heavy atom. The van der Waals surface area contributed by atoms with E-state index in [9.17, 15) is 9.59 Å². The van der Waals surface area contributed by atoms with Gasteiger partial charge in [0.15, 0.2) is 6.10 Å². The van der Waals surface area contributed by atoms with E-state index in [0.717, 1.165) is 25.7 Å². The van der Waals surface area contributed by atoms with Crippen LogP contribution in [0.2, 0.25) is 0 Å². The number of ether oxygens (including phenoxy) is 1. The first-order valence-corrected chi connectivity index (χ1v) is 6.86. The molecule has 1 amide bonds. The third-order valence-corrected chi connectivity index (χ3v) is 3.48. The third-order valence-electron chi connectivity index (χ3n) is 3.48. The summed E-state index contributed by atoms with van der Waals surface area (Å²) in [6.07, 6.45) is 3.80. The molecule has 0 saturated heterocycles. The molecule has 5 nitrogen and oxygen atoms in total. The van der Waals surface area contributed by atoms with E-state index < -0.39 is 12.1 Å². The molecule has 0 radical (unpaired) electrons. The predicted molar refractivity (Wildman–Crippen MR) is 73.9 cm³/mol. The lowest BCUT2D eigenvalue weighted by Gasteiger charge is -2.18. The molecule has 2 rings (SSSR count).